The SMILES string of the molecule is C=CCN1CCN(c2nc3c(c(=O)[nH]c(=O)n3C)n2Cc2cccc(C)c2)CC1. The molecule has 8 nitrogen and oxygen atoms in total. The normalized spacial score (nSPS) is 15.2. The number of hydrogen-bond donors (Lipinski definition) is 1. The predicted octanol–water partition coefficient (Wildman–Crippen LogP) is 1.09. The second-order valence-corrected chi connectivity index (χ2v) is 7.55. The summed E-state index contributed by atoms with van der Waals surface area (Å²) in [5.74, 6) is 0.728. The Kier molecular flexibility index (Phi) is 5.10. The maximum atomic E-state index is 12.7. The molecule has 0 atom stereocenters. The zero-order valence-electron chi connectivity index (χ0n) is 16.9. The van der Waals surface area contributed by atoms with Gasteiger partial charge < -0.3 is 4.90 Å². The highest BCUT2D eigenvalue weighted by Crippen LogP contribution is 2.22. The molecule has 0 unspecified atom stereocenters. The van der Waals surface area contributed by atoms with Gasteiger partial charge in [0.25, 0.3) is 5.56 Å². The summed E-state index contributed by atoms with van der Waals surface area (Å²) < 4.78 is 3.34. The molecule has 1 aromatic carbocycles. The molecule has 29 heavy (non-hydrogen) atoms. The van der Waals surface area contributed by atoms with Gasteiger partial charge in [0.2, 0.25) is 5.95 Å². The fourth-order valence-electron chi connectivity index (χ4n) is 3.92. The average molecular weight is 394 g/mol. The van der Waals surface area contributed by atoms with Crippen molar-refractivity contribution in [2.24, 2.45) is 7.05 Å². The van der Waals surface area contributed by atoms with E-state index in [-0.39, 0.29) is 0 Å². The number of benzene rings is 1. The van der Waals surface area contributed by atoms with Crippen LogP contribution in [0.1, 0.15) is 11.1 Å². The molecule has 1 N–H and O–H groups in total. The zero-order chi connectivity index (χ0) is 20.5. The van der Waals surface area contributed by atoms with Crippen LogP contribution in [-0.2, 0) is 13.6 Å². The van der Waals surface area contributed by atoms with Crippen LogP contribution in [0.25, 0.3) is 11.2 Å². The third-order valence-corrected chi connectivity index (χ3v) is 5.45. The highest BCUT2D eigenvalue weighted by atomic mass is 16.2. The van der Waals surface area contributed by atoms with E-state index in [1.807, 2.05) is 35.8 Å². The summed E-state index contributed by atoms with van der Waals surface area (Å²) in [5, 5.41) is 0. The monoisotopic (exact) mass is 394 g/mol. The molecule has 1 saturated heterocycles. The van der Waals surface area contributed by atoms with E-state index in [0.29, 0.717) is 17.7 Å². The third-order valence-electron chi connectivity index (χ3n) is 5.45. The Labute approximate surface area is 168 Å². The summed E-state index contributed by atoms with van der Waals surface area (Å²) in [6.45, 7) is 10.6. The molecule has 8 heteroatoms. The lowest BCUT2D eigenvalue weighted by molar-refractivity contribution is 0.282. The molecule has 0 saturated carbocycles. The molecule has 2 aromatic heterocycles. The number of piperazine rings is 1. The van der Waals surface area contributed by atoms with Crippen molar-refractivity contribution >= 4 is 17.1 Å². The van der Waals surface area contributed by atoms with E-state index in [1.54, 1.807) is 7.05 Å². The van der Waals surface area contributed by atoms with Crippen LogP contribution in [0.15, 0.2) is 46.5 Å². The molecular formula is C21H26N6O2. The number of fused-ring (bicyclic) bond motifs is 1. The summed E-state index contributed by atoms with van der Waals surface area (Å²) in [6, 6.07) is 8.21. The molecule has 3 heterocycles. The number of H-pyrrole nitrogens is 1. The molecule has 0 spiro atoms. The lowest BCUT2D eigenvalue weighted by Crippen LogP contribution is -2.47. The first-order valence-corrected chi connectivity index (χ1v) is 9.81. The van der Waals surface area contributed by atoms with Crippen LogP contribution >= 0.6 is 0 Å². The summed E-state index contributed by atoms with van der Waals surface area (Å²) in [6.07, 6.45) is 1.91. The first kappa shape index (κ1) is 19.2. The lowest BCUT2D eigenvalue weighted by atomic mass is 10.1. The first-order valence-electron chi connectivity index (χ1n) is 9.81. The number of imidazole rings is 1. The molecule has 0 bridgehead atoms. The maximum Gasteiger partial charge on any atom is 0.329 e. The van der Waals surface area contributed by atoms with Crippen LogP contribution in [0.3, 0.4) is 0 Å². The minimum atomic E-state index is -0.454. The molecule has 152 valence electrons. The molecular weight excluding hydrogens is 368 g/mol. The second-order valence-electron chi connectivity index (χ2n) is 7.55. The van der Waals surface area contributed by atoms with Gasteiger partial charge in [-0.2, -0.15) is 4.98 Å². The second kappa shape index (κ2) is 7.71. The fourth-order valence-corrected chi connectivity index (χ4v) is 3.92. The van der Waals surface area contributed by atoms with Crippen LogP contribution in [-0.4, -0.2) is 56.7 Å². The molecule has 0 aliphatic carbocycles. The number of nitrogens with zero attached hydrogens (tertiary/aromatic N) is 5. The van der Waals surface area contributed by atoms with Gasteiger partial charge in [-0.3, -0.25) is 23.8 Å². The first-order chi connectivity index (χ1) is 14.0. The Bertz CT molecular complexity index is 1160. The van der Waals surface area contributed by atoms with Gasteiger partial charge in [-0.05, 0) is 12.5 Å². The standard InChI is InChI=1S/C21H26N6O2/c1-4-8-25-9-11-26(12-10-25)20-22-18-17(19(28)23-21(29)24(18)3)27(20)14-16-7-5-6-15(2)13-16/h4-7,13H,1,8-12,14H2,2-3H3,(H,23,28,29). The van der Waals surface area contributed by atoms with E-state index in [9.17, 15) is 9.59 Å². The van der Waals surface area contributed by atoms with Gasteiger partial charge in [0.05, 0.1) is 6.54 Å². The van der Waals surface area contributed by atoms with Gasteiger partial charge in [0, 0.05) is 39.8 Å². The minimum absolute atomic E-state index is 0.403. The van der Waals surface area contributed by atoms with E-state index < -0.39 is 11.2 Å². The van der Waals surface area contributed by atoms with E-state index in [0.717, 1.165) is 49.8 Å². The van der Waals surface area contributed by atoms with E-state index in [2.05, 4.69) is 27.4 Å². The molecule has 1 aliphatic heterocycles. The Morgan fingerprint density at radius 2 is 1.97 bits per heavy atom. The summed E-state index contributed by atoms with van der Waals surface area (Å²) in [5.41, 5.74) is 2.23. The minimum Gasteiger partial charge on any atom is -0.340 e. The molecule has 0 amide bonds. The molecule has 0 radical (unpaired) electrons. The fraction of sp³-hybridized carbons (Fsp3) is 0.381. The number of rotatable bonds is 5. The van der Waals surface area contributed by atoms with Gasteiger partial charge in [-0.15, -0.1) is 6.58 Å². The van der Waals surface area contributed by atoms with Crippen LogP contribution in [0.2, 0.25) is 0 Å². The topological polar surface area (TPSA) is 79.2 Å². The summed E-state index contributed by atoms with van der Waals surface area (Å²) in [4.78, 5) is 36.5. The largest absolute Gasteiger partial charge is 0.340 e. The Hall–Kier alpha value is -3.13. The van der Waals surface area contributed by atoms with Gasteiger partial charge >= 0.3 is 5.69 Å². The highest BCUT2D eigenvalue weighted by molar-refractivity contribution is 5.74. The Balaban J connectivity index is 1.81. The molecule has 3 aromatic rings. The Morgan fingerprint density at radius 1 is 1.21 bits per heavy atom. The number of nitrogens with one attached hydrogen (secondary N) is 1. The van der Waals surface area contributed by atoms with Crippen molar-refractivity contribution in [3.63, 3.8) is 0 Å². The van der Waals surface area contributed by atoms with Gasteiger partial charge in [0.15, 0.2) is 11.2 Å². The number of aryl methyl sites for hydroxylation is 2. The average Bonchev–Trinajstić information content (AvgIpc) is 3.07. The van der Waals surface area contributed by atoms with Crippen molar-refractivity contribution in [3.05, 3.63) is 68.9 Å². The van der Waals surface area contributed by atoms with E-state index in [4.69, 9.17) is 4.98 Å². The van der Waals surface area contributed by atoms with E-state index in [1.165, 1.54) is 4.57 Å². The van der Waals surface area contributed by atoms with Crippen LogP contribution in [0.4, 0.5) is 5.95 Å². The van der Waals surface area contributed by atoms with Gasteiger partial charge in [0.1, 0.15) is 0 Å². The summed E-state index contributed by atoms with van der Waals surface area (Å²) in [7, 11) is 1.64. The van der Waals surface area contributed by atoms with Crippen molar-refractivity contribution in [1.29, 1.82) is 0 Å². The predicted molar refractivity (Wildman–Crippen MR) is 115 cm³/mol. The zero-order valence-corrected chi connectivity index (χ0v) is 16.9. The quantitative estimate of drug-likeness (QED) is 0.656. The highest BCUT2D eigenvalue weighted by Gasteiger charge is 2.24. The third kappa shape index (κ3) is 3.63. The number of anilines is 1. The Morgan fingerprint density at radius 3 is 2.66 bits per heavy atom. The molecule has 4 rings (SSSR count). The van der Waals surface area contributed by atoms with Crippen LogP contribution in [0.5, 0.6) is 0 Å². The van der Waals surface area contributed by atoms with Gasteiger partial charge in [-0.25, -0.2) is 4.79 Å². The van der Waals surface area contributed by atoms with Crippen molar-refractivity contribution in [2.75, 3.05) is 37.6 Å². The maximum absolute atomic E-state index is 12.7. The van der Waals surface area contributed by atoms with Crippen LogP contribution < -0.4 is 16.1 Å². The number of hydrogen-bond acceptors (Lipinski definition) is 5. The van der Waals surface area contributed by atoms with Gasteiger partial charge in [-0.1, -0.05) is 35.9 Å². The smallest absolute Gasteiger partial charge is 0.329 e. The van der Waals surface area contributed by atoms with Crippen molar-refractivity contribution in [1.82, 2.24) is 24.0 Å². The molecule has 1 aliphatic rings. The lowest BCUT2D eigenvalue weighted by Gasteiger charge is -2.34. The summed E-state index contributed by atoms with van der Waals surface area (Å²) >= 11 is 0. The van der Waals surface area contributed by atoms with Crippen molar-refractivity contribution in [3.8, 4) is 0 Å². The number of aromatic nitrogens is 4. The number of aromatic amines is 1. The van der Waals surface area contributed by atoms with Crippen molar-refractivity contribution in [2.45, 2.75) is 13.5 Å². The molecule has 1 fully saturated rings. The van der Waals surface area contributed by atoms with Crippen LogP contribution in [0, 0.1) is 6.92 Å². The van der Waals surface area contributed by atoms with Crippen molar-refractivity contribution < 1.29 is 0 Å². The van der Waals surface area contributed by atoms with E-state index >= 15 is 0 Å².